The molecule has 1 unspecified atom stereocenters. The number of rotatable bonds is 6. The molecule has 2 aromatic heterocycles. The van der Waals surface area contributed by atoms with E-state index in [2.05, 4.69) is 20.3 Å². The van der Waals surface area contributed by atoms with Crippen molar-refractivity contribution in [1.82, 2.24) is 10.2 Å². The van der Waals surface area contributed by atoms with Gasteiger partial charge in [-0.15, -0.1) is 10.2 Å². The number of hydrogen-bond acceptors (Lipinski definition) is 8. The first-order valence-electron chi connectivity index (χ1n) is 5.53. The van der Waals surface area contributed by atoms with Gasteiger partial charge in [-0.2, -0.15) is 0 Å². The Balaban J connectivity index is 1.86. The number of nitrogens with zero attached hydrogens (tertiary/aromatic N) is 2. The first-order chi connectivity index (χ1) is 9.19. The van der Waals surface area contributed by atoms with E-state index in [4.69, 9.17) is 4.42 Å². The van der Waals surface area contributed by atoms with Crippen LogP contribution in [-0.4, -0.2) is 28.5 Å². The van der Waals surface area contributed by atoms with Gasteiger partial charge in [0.2, 0.25) is 5.13 Å². The molecule has 0 saturated heterocycles. The number of anilines is 1. The third-order valence-corrected chi connectivity index (χ3v) is 4.25. The van der Waals surface area contributed by atoms with Gasteiger partial charge in [-0.1, -0.05) is 23.1 Å². The van der Waals surface area contributed by atoms with Gasteiger partial charge in [0.25, 0.3) is 0 Å². The number of furan rings is 1. The van der Waals surface area contributed by atoms with Gasteiger partial charge in [0.15, 0.2) is 4.34 Å². The Labute approximate surface area is 118 Å². The molecule has 1 atom stereocenters. The van der Waals surface area contributed by atoms with Crippen LogP contribution in [0.4, 0.5) is 5.13 Å². The van der Waals surface area contributed by atoms with E-state index in [1.807, 2.05) is 12.1 Å². The lowest BCUT2D eigenvalue weighted by atomic mass is 10.4. The summed E-state index contributed by atoms with van der Waals surface area (Å²) >= 11 is 2.72. The summed E-state index contributed by atoms with van der Waals surface area (Å²) in [7, 11) is 1.37. The lowest BCUT2D eigenvalue weighted by Crippen LogP contribution is -2.14. The fraction of sp³-hybridized carbons (Fsp3) is 0.364. The van der Waals surface area contributed by atoms with Crippen LogP contribution < -0.4 is 5.32 Å². The number of hydrogen-bond donors (Lipinski definition) is 1. The maximum atomic E-state index is 11.3. The van der Waals surface area contributed by atoms with Crippen LogP contribution in [0.1, 0.15) is 12.7 Å². The first-order valence-corrected chi connectivity index (χ1v) is 7.23. The summed E-state index contributed by atoms with van der Waals surface area (Å²) in [5, 5.41) is 11.5. The van der Waals surface area contributed by atoms with Crippen LogP contribution in [0.2, 0.25) is 0 Å². The number of ether oxygens (including phenoxy) is 1. The van der Waals surface area contributed by atoms with E-state index < -0.39 is 0 Å². The predicted molar refractivity (Wildman–Crippen MR) is 73.3 cm³/mol. The monoisotopic (exact) mass is 299 g/mol. The molecule has 0 aromatic carbocycles. The van der Waals surface area contributed by atoms with Crippen molar-refractivity contribution in [2.45, 2.75) is 23.1 Å². The summed E-state index contributed by atoms with van der Waals surface area (Å²) in [4.78, 5) is 11.3. The molecule has 2 aromatic rings. The molecule has 0 fully saturated rings. The average molecular weight is 299 g/mol. The summed E-state index contributed by atoms with van der Waals surface area (Å²) < 4.78 is 10.6. The van der Waals surface area contributed by atoms with Gasteiger partial charge in [0.1, 0.15) is 11.0 Å². The molecule has 8 heteroatoms. The maximum Gasteiger partial charge on any atom is 0.318 e. The molecule has 1 N–H and O–H groups in total. The highest BCUT2D eigenvalue weighted by Gasteiger charge is 2.17. The molecule has 102 valence electrons. The Morgan fingerprint density at radius 1 is 1.63 bits per heavy atom. The lowest BCUT2D eigenvalue weighted by Gasteiger charge is -2.04. The zero-order valence-corrected chi connectivity index (χ0v) is 12.1. The zero-order chi connectivity index (χ0) is 13.7. The van der Waals surface area contributed by atoms with Gasteiger partial charge in [0.05, 0.1) is 19.9 Å². The maximum absolute atomic E-state index is 11.3. The number of carbonyl (C=O) groups excluding carboxylic acids is 1. The third kappa shape index (κ3) is 3.97. The fourth-order valence-electron chi connectivity index (χ4n) is 1.27. The Bertz CT molecular complexity index is 527. The Morgan fingerprint density at radius 3 is 3.16 bits per heavy atom. The van der Waals surface area contributed by atoms with Gasteiger partial charge in [-0.25, -0.2) is 0 Å². The minimum Gasteiger partial charge on any atom is -0.468 e. The molecule has 0 radical (unpaired) electrons. The number of thioether (sulfide) groups is 1. The summed E-state index contributed by atoms with van der Waals surface area (Å²) in [6.45, 7) is 2.33. The molecule has 2 heterocycles. The van der Waals surface area contributed by atoms with Crippen molar-refractivity contribution in [3.63, 3.8) is 0 Å². The van der Waals surface area contributed by atoms with Crippen LogP contribution in [0.5, 0.6) is 0 Å². The van der Waals surface area contributed by atoms with Gasteiger partial charge in [-0.3, -0.25) is 4.79 Å². The first kappa shape index (κ1) is 13.9. The summed E-state index contributed by atoms with van der Waals surface area (Å²) in [5.74, 6) is 0.553. The average Bonchev–Trinajstić information content (AvgIpc) is 3.06. The minimum absolute atomic E-state index is 0.273. The topological polar surface area (TPSA) is 77.2 Å². The van der Waals surface area contributed by atoms with E-state index in [9.17, 15) is 4.79 Å². The van der Waals surface area contributed by atoms with E-state index in [1.165, 1.54) is 30.2 Å². The Morgan fingerprint density at radius 2 is 2.47 bits per heavy atom. The smallest absolute Gasteiger partial charge is 0.318 e. The van der Waals surface area contributed by atoms with Gasteiger partial charge < -0.3 is 14.5 Å². The standard InChI is InChI=1S/C11H13N3O3S2/c1-7(9(15)16-2)18-11-14-13-10(19-11)12-6-8-4-3-5-17-8/h3-5,7H,6H2,1-2H3,(H,12,13). The highest BCUT2D eigenvalue weighted by atomic mass is 32.2. The number of aromatic nitrogens is 2. The van der Waals surface area contributed by atoms with Crippen molar-refractivity contribution in [2.24, 2.45) is 0 Å². The second-order valence-corrected chi connectivity index (χ2v) is 6.15. The SMILES string of the molecule is COC(=O)C(C)Sc1nnc(NCc2ccco2)s1. The second-order valence-electron chi connectivity index (χ2n) is 3.59. The highest BCUT2D eigenvalue weighted by Crippen LogP contribution is 2.29. The molecule has 0 amide bonds. The highest BCUT2D eigenvalue weighted by molar-refractivity contribution is 8.02. The largest absolute Gasteiger partial charge is 0.468 e. The van der Waals surface area contributed by atoms with Crippen molar-refractivity contribution in [1.29, 1.82) is 0 Å². The second kappa shape index (κ2) is 6.58. The molecule has 0 aliphatic rings. The Kier molecular flexibility index (Phi) is 4.80. The lowest BCUT2D eigenvalue weighted by molar-refractivity contribution is -0.139. The van der Waals surface area contributed by atoms with Crippen LogP contribution in [0.3, 0.4) is 0 Å². The quantitative estimate of drug-likeness (QED) is 0.648. The molecule has 0 spiro atoms. The van der Waals surface area contributed by atoms with Crippen molar-refractivity contribution in [3.05, 3.63) is 24.2 Å². The van der Waals surface area contributed by atoms with Crippen LogP contribution in [0.25, 0.3) is 0 Å². The van der Waals surface area contributed by atoms with E-state index in [-0.39, 0.29) is 11.2 Å². The normalized spacial score (nSPS) is 12.1. The van der Waals surface area contributed by atoms with Gasteiger partial charge in [-0.05, 0) is 19.1 Å². The van der Waals surface area contributed by atoms with Crippen LogP contribution >= 0.6 is 23.1 Å². The van der Waals surface area contributed by atoms with Gasteiger partial charge in [0, 0.05) is 0 Å². The summed E-state index contributed by atoms with van der Waals surface area (Å²) in [6.07, 6.45) is 1.62. The molecule has 19 heavy (non-hydrogen) atoms. The van der Waals surface area contributed by atoms with Crippen LogP contribution in [-0.2, 0) is 16.1 Å². The number of nitrogens with one attached hydrogen (secondary N) is 1. The Hall–Kier alpha value is -1.54. The van der Waals surface area contributed by atoms with Crippen molar-refractivity contribution in [3.8, 4) is 0 Å². The van der Waals surface area contributed by atoms with E-state index >= 15 is 0 Å². The number of esters is 1. The van der Waals surface area contributed by atoms with E-state index in [0.29, 0.717) is 11.7 Å². The number of carbonyl (C=O) groups is 1. The minimum atomic E-state index is -0.295. The summed E-state index contributed by atoms with van der Waals surface area (Å²) in [5.41, 5.74) is 0. The zero-order valence-electron chi connectivity index (χ0n) is 10.5. The van der Waals surface area contributed by atoms with Crippen molar-refractivity contribution >= 4 is 34.2 Å². The molecule has 2 rings (SSSR count). The summed E-state index contributed by atoms with van der Waals surface area (Å²) in [6, 6.07) is 3.71. The van der Waals surface area contributed by atoms with Crippen LogP contribution in [0.15, 0.2) is 27.2 Å². The molecule has 0 saturated carbocycles. The van der Waals surface area contributed by atoms with Crippen LogP contribution in [0, 0.1) is 0 Å². The molecule has 0 bridgehead atoms. The predicted octanol–water partition coefficient (Wildman–Crippen LogP) is 2.40. The molecular weight excluding hydrogens is 286 g/mol. The van der Waals surface area contributed by atoms with E-state index in [1.54, 1.807) is 13.2 Å². The van der Waals surface area contributed by atoms with Crippen molar-refractivity contribution in [2.75, 3.05) is 12.4 Å². The molecular formula is C11H13N3O3S2. The number of methoxy groups -OCH3 is 1. The third-order valence-electron chi connectivity index (χ3n) is 2.21. The fourth-order valence-corrected chi connectivity index (χ4v) is 3.19. The molecule has 0 aliphatic heterocycles. The molecule has 6 nitrogen and oxygen atoms in total. The van der Waals surface area contributed by atoms with Crippen molar-refractivity contribution < 1.29 is 13.9 Å². The van der Waals surface area contributed by atoms with E-state index in [0.717, 1.165) is 10.1 Å². The van der Waals surface area contributed by atoms with Gasteiger partial charge >= 0.3 is 5.97 Å². The molecule has 0 aliphatic carbocycles.